The lowest BCUT2D eigenvalue weighted by Gasteiger charge is -2.01. The molecule has 24 heavy (non-hydrogen) atoms. The van der Waals surface area contributed by atoms with E-state index in [9.17, 15) is 0 Å². The zero-order chi connectivity index (χ0) is 18.0. The summed E-state index contributed by atoms with van der Waals surface area (Å²) in [6.45, 7) is 6.65. The van der Waals surface area contributed by atoms with Crippen LogP contribution in [0.1, 0.15) is 90.5 Å². The third kappa shape index (κ3) is 15.5. The second-order valence-electron chi connectivity index (χ2n) is 6.47. The average molecular weight is 336 g/mol. The Labute approximate surface area is 149 Å². The van der Waals surface area contributed by atoms with Gasteiger partial charge in [0.05, 0.1) is 0 Å². The van der Waals surface area contributed by atoms with Crippen LogP contribution in [0.4, 0.5) is 0 Å². The molecule has 0 aromatic carbocycles. The Balaban J connectivity index is 0.00000118. The van der Waals surface area contributed by atoms with E-state index >= 15 is 0 Å². The summed E-state index contributed by atoms with van der Waals surface area (Å²) in [7, 11) is 0. The summed E-state index contributed by atoms with van der Waals surface area (Å²) in [6, 6.07) is 4.49. The lowest BCUT2D eigenvalue weighted by molar-refractivity contribution is -0.697. The van der Waals surface area contributed by atoms with Crippen LogP contribution in [-0.2, 0) is 17.8 Å². The van der Waals surface area contributed by atoms with Gasteiger partial charge in [0.15, 0.2) is 12.4 Å². The van der Waals surface area contributed by atoms with Crippen molar-refractivity contribution in [2.45, 2.75) is 97.9 Å². The number of aromatic nitrogens is 1. The van der Waals surface area contributed by atoms with Crippen molar-refractivity contribution in [1.82, 2.24) is 0 Å². The molecule has 0 radical (unpaired) electrons. The van der Waals surface area contributed by atoms with Crippen LogP contribution in [0.5, 0.6) is 0 Å². The van der Waals surface area contributed by atoms with E-state index in [1.807, 2.05) is 0 Å². The summed E-state index contributed by atoms with van der Waals surface area (Å²) < 4.78 is 2.32. The summed E-state index contributed by atoms with van der Waals surface area (Å²) in [5.74, 6) is -1.08. The van der Waals surface area contributed by atoms with Crippen molar-refractivity contribution in [2.24, 2.45) is 0 Å². The zero-order valence-electron chi connectivity index (χ0n) is 16.1. The molecule has 1 rings (SSSR count). The van der Waals surface area contributed by atoms with Gasteiger partial charge in [0.25, 0.3) is 0 Å². The maximum atomic E-state index is 8.89. The standard InChI is InChI=1S/C19H34N.C2H4O2/c1-3-5-6-7-8-9-10-11-12-13-16-20-17-14-19(4-2)15-18-20;1-2(3)4/h14-15,17-18H,3-13,16H2,1-2H3;1H3,(H,3,4)/q+1;/p-1. The van der Waals surface area contributed by atoms with Gasteiger partial charge in [-0.05, 0) is 25.3 Å². The van der Waals surface area contributed by atoms with Crippen molar-refractivity contribution in [3.63, 3.8) is 0 Å². The fraction of sp³-hybridized carbons (Fsp3) is 0.714. The molecular formula is C21H37NO2. The molecule has 0 fully saturated rings. The lowest BCUT2D eigenvalue weighted by Crippen LogP contribution is -2.32. The predicted molar refractivity (Wildman–Crippen MR) is 98.5 cm³/mol. The molecule has 0 unspecified atom stereocenters. The quantitative estimate of drug-likeness (QED) is 0.424. The minimum absolute atomic E-state index is 0.972. The maximum absolute atomic E-state index is 8.89. The summed E-state index contributed by atoms with van der Waals surface area (Å²) in [4.78, 5) is 8.89. The first kappa shape index (κ1) is 22.6. The monoisotopic (exact) mass is 335 g/mol. The minimum Gasteiger partial charge on any atom is -0.550 e. The van der Waals surface area contributed by atoms with Crippen molar-refractivity contribution in [2.75, 3.05) is 0 Å². The molecule has 3 nitrogen and oxygen atoms in total. The number of nitrogens with zero attached hydrogens (tertiary/aromatic N) is 1. The molecule has 0 atom stereocenters. The summed E-state index contributed by atoms with van der Waals surface area (Å²) in [5.41, 5.74) is 1.43. The van der Waals surface area contributed by atoms with Crippen LogP contribution in [0.3, 0.4) is 0 Å². The van der Waals surface area contributed by atoms with Gasteiger partial charge < -0.3 is 9.90 Å². The van der Waals surface area contributed by atoms with Crippen molar-refractivity contribution < 1.29 is 14.5 Å². The number of rotatable bonds is 12. The number of pyridine rings is 1. The number of hydrogen-bond donors (Lipinski definition) is 0. The first-order valence-corrected chi connectivity index (χ1v) is 9.75. The van der Waals surface area contributed by atoms with Crippen molar-refractivity contribution in [1.29, 1.82) is 0 Å². The number of carbonyl (C=O) groups is 1. The molecule has 0 aliphatic carbocycles. The van der Waals surface area contributed by atoms with E-state index in [2.05, 4.69) is 42.9 Å². The Bertz CT molecular complexity index is 397. The SMILES string of the molecule is CC(=O)[O-].CCCCCCCCCCCC[n+]1ccc(CC)cc1. The van der Waals surface area contributed by atoms with Crippen LogP contribution in [0.15, 0.2) is 24.5 Å². The Morgan fingerprint density at radius 2 is 1.29 bits per heavy atom. The smallest absolute Gasteiger partial charge is 0.169 e. The predicted octanol–water partition coefficient (Wildman–Crippen LogP) is 4.21. The van der Waals surface area contributed by atoms with E-state index < -0.39 is 5.97 Å². The summed E-state index contributed by atoms with van der Waals surface area (Å²) >= 11 is 0. The van der Waals surface area contributed by atoms with Gasteiger partial charge in [0.2, 0.25) is 0 Å². The Morgan fingerprint density at radius 1 is 0.875 bits per heavy atom. The first-order valence-electron chi connectivity index (χ1n) is 9.75. The Morgan fingerprint density at radius 3 is 1.71 bits per heavy atom. The summed E-state index contributed by atoms with van der Waals surface area (Å²) in [5, 5.41) is 8.89. The second-order valence-corrected chi connectivity index (χ2v) is 6.47. The molecule has 0 spiro atoms. The van der Waals surface area contributed by atoms with Crippen LogP contribution in [0.25, 0.3) is 0 Å². The van der Waals surface area contributed by atoms with Crippen molar-refractivity contribution in [3.8, 4) is 0 Å². The van der Waals surface area contributed by atoms with Gasteiger partial charge >= 0.3 is 0 Å². The van der Waals surface area contributed by atoms with Crippen LogP contribution in [-0.4, -0.2) is 5.97 Å². The van der Waals surface area contributed by atoms with E-state index in [1.54, 1.807) is 0 Å². The highest BCUT2D eigenvalue weighted by atomic mass is 16.4. The fourth-order valence-corrected chi connectivity index (χ4v) is 2.65. The molecule has 138 valence electrons. The number of aliphatic carboxylic acids is 1. The van der Waals surface area contributed by atoms with Gasteiger partial charge in [-0.15, -0.1) is 0 Å². The molecular weight excluding hydrogens is 298 g/mol. The van der Waals surface area contributed by atoms with Gasteiger partial charge in [-0.25, -0.2) is 4.57 Å². The first-order chi connectivity index (χ1) is 11.6. The molecule has 0 saturated carbocycles. The number of unbranched alkanes of at least 4 members (excludes halogenated alkanes) is 9. The highest BCUT2D eigenvalue weighted by molar-refractivity contribution is 5.60. The van der Waals surface area contributed by atoms with Gasteiger partial charge in [-0.3, -0.25) is 0 Å². The topological polar surface area (TPSA) is 44.0 Å². The van der Waals surface area contributed by atoms with Gasteiger partial charge in [-0.2, -0.15) is 0 Å². The minimum atomic E-state index is -1.08. The lowest BCUT2D eigenvalue weighted by atomic mass is 10.1. The van der Waals surface area contributed by atoms with E-state index in [1.165, 1.54) is 76.3 Å². The van der Waals surface area contributed by atoms with Gasteiger partial charge in [0, 0.05) is 24.5 Å². The molecule has 1 aromatic heterocycles. The van der Waals surface area contributed by atoms with Gasteiger partial charge in [-0.1, -0.05) is 65.2 Å². The van der Waals surface area contributed by atoms with Crippen molar-refractivity contribution >= 4 is 5.97 Å². The highest BCUT2D eigenvalue weighted by Crippen LogP contribution is 2.10. The van der Waals surface area contributed by atoms with Crippen LogP contribution >= 0.6 is 0 Å². The highest BCUT2D eigenvalue weighted by Gasteiger charge is 2.00. The molecule has 0 bridgehead atoms. The van der Waals surface area contributed by atoms with E-state index in [-0.39, 0.29) is 0 Å². The van der Waals surface area contributed by atoms with Crippen LogP contribution in [0.2, 0.25) is 0 Å². The Hall–Kier alpha value is -1.38. The fourth-order valence-electron chi connectivity index (χ4n) is 2.65. The molecule has 0 aliphatic heterocycles. The number of carbonyl (C=O) groups excluding carboxylic acids is 1. The van der Waals surface area contributed by atoms with E-state index in [4.69, 9.17) is 9.90 Å². The molecule has 1 heterocycles. The normalized spacial score (nSPS) is 10.1. The summed E-state index contributed by atoms with van der Waals surface area (Å²) in [6.07, 6.45) is 19.7. The average Bonchev–Trinajstić information content (AvgIpc) is 2.56. The van der Waals surface area contributed by atoms with E-state index in [0.717, 1.165) is 13.3 Å². The molecule has 0 amide bonds. The third-order valence-corrected chi connectivity index (χ3v) is 4.14. The second kappa shape index (κ2) is 16.5. The van der Waals surface area contributed by atoms with Crippen molar-refractivity contribution in [3.05, 3.63) is 30.1 Å². The molecule has 1 aromatic rings. The Kier molecular flexibility index (Phi) is 15.5. The van der Waals surface area contributed by atoms with Crippen LogP contribution in [0, 0.1) is 0 Å². The maximum Gasteiger partial charge on any atom is 0.169 e. The number of hydrogen-bond acceptors (Lipinski definition) is 2. The molecule has 0 N–H and O–H groups in total. The number of aryl methyl sites for hydroxylation is 2. The number of carboxylic acids is 1. The van der Waals surface area contributed by atoms with Crippen LogP contribution < -0.4 is 9.67 Å². The van der Waals surface area contributed by atoms with E-state index in [0.29, 0.717) is 0 Å². The zero-order valence-corrected chi connectivity index (χ0v) is 16.1. The molecule has 0 aliphatic rings. The third-order valence-electron chi connectivity index (χ3n) is 4.14. The molecule has 0 saturated heterocycles. The number of carboxylic acid groups (broad SMARTS) is 1. The molecule has 3 heteroatoms. The van der Waals surface area contributed by atoms with Gasteiger partial charge in [0.1, 0.15) is 6.54 Å². The largest absolute Gasteiger partial charge is 0.550 e.